The fraction of sp³-hybridized carbons (Fsp3) is 0.739. The number of hydrogen-bond donors (Lipinski definition) is 3. The largest absolute Gasteiger partial charge is 0.504 e. The molecule has 0 spiro atoms. The molecule has 1 atom stereocenters. The first-order chi connectivity index (χ1) is 12.9. The van der Waals surface area contributed by atoms with Gasteiger partial charge in [-0.3, -0.25) is 0 Å². The SMILES string of the molecule is CC(C)CCCCCOc1ccc(CC[C@@](N)(CO)CC2CCC2)cc1O. The standard InChI is InChI=1S/C23H39NO3/c1-18(2)7-4-3-5-14-27-22-11-10-19(15-21(22)26)12-13-23(24,17-25)16-20-8-6-9-20/h10-11,15,18,20,25-26H,3-9,12-14,16-17,24H2,1-2H3/t23-/m0/s1. The molecule has 4 nitrogen and oxygen atoms in total. The van der Waals surface area contributed by atoms with Crippen LogP contribution in [0.2, 0.25) is 0 Å². The molecule has 0 saturated heterocycles. The fourth-order valence-corrected chi connectivity index (χ4v) is 3.76. The van der Waals surface area contributed by atoms with Crippen LogP contribution >= 0.6 is 0 Å². The normalized spacial score (nSPS) is 16.9. The van der Waals surface area contributed by atoms with Gasteiger partial charge in [0.05, 0.1) is 13.2 Å². The molecule has 1 aliphatic carbocycles. The van der Waals surface area contributed by atoms with E-state index in [-0.39, 0.29) is 12.4 Å². The summed E-state index contributed by atoms with van der Waals surface area (Å²) in [5.74, 6) is 2.18. The van der Waals surface area contributed by atoms with Gasteiger partial charge in [0, 0.05) is 5.54 Å². The van der Waals surface area contributed by atoms with Crippen LogP contribution in [0, 0.1) is 11.8 Å². The molecule has 4 heteroatoms. The number of nitrogens with two attached hydrogens (primary N) is 1. The highest BCUT2D eigenvalue weighted by molar-refractivity contribution is 5.41. The van der Waals surface area contributed by atoms with Crippen molar-refractivity contribution >= 4 is 0 Å². The van der Waals surface area contributed by atoms with Crippen molar-refractivity contribution in [3.05, 3.63) is 23.8 Å². The zero-order valence-electron chi connectivity index (χ0n) is 17.3. The van der Waals surface area contributed by atoms with Crippen molar-refractivity contribution in [2.75, 3.05) is 13.2 Å². The molecule has 0 bridgehead atoms. The Labute approximate surface area is 165 Å². The van der Waals surface area contributed by atoms with Gasteiger partial charge in [-0.15, -0.1) is 0 Å². The van der Waals surface area contributed by atoms with Gasteiger partial charge in [0.25, 0.3) is 0 Å². The molecule has 4 N–H and O–H groups in total. The van der Waals surface area contributed by atoms with Gasteiger partial charge in [-0.05, 0) is 55.2 Å². The number of ether oxygens (including phenoxy) is 1. The van der Waals surface area contributed by atoms with Crippen molar-refractivity contribution in [1.82, 2.24) is 0 Å². The lowest BCUT2D eigenvalue weighted by atomic mass is 9.75. The number of hydrogen-bond acceptors (Lipinski definition) is 4. The highest BCUT2D eigenvalue weighted by atomic mass is 16.5. The molecule has 1 aliphatic rings. The Kier molecular flexibility index (Phi) is 8.91. The van der Waals surface area contributed by atoms with E-state index < -0.39 is 5.54 Å². The molecular formula is C23H39NO3. The van der Waals surface area contributed by atoms with Gasteiger partial charge in [0.2, 0.25) is 0 Å². The molecule has 0 unspecified atom stereocenters. The summed E-state index contributed by atoms with van der Waals surface area (Å²) >= 11 is 0. The summed E-state index contributed by atoms with van der Waals surface area (Å²) in [6, 6.07) is 5.62. The molecule has 0 aromatic heterocycles. The quantitative estimate of drug-likeness (QED) is 0.432. The molecule has 1 saturated carbocycles. The number of unbranched alkanes of at least 4 members (excludes halogenated alkanes) is 2. The van der Waals surface area contributed by atoms with Gasteiger partial charge in [0.1, 0.15) is 0 Å². The minimum Gasteiger partial charge on any atom is -0.504 e. The fourth-order valence-electron chi connectivity index (χ4n) is 3.76. The Morgan fingerprint density at radius 3 is 2.59 bits per heavy atom. The van der Waals surface area contributed by atoms with Gasteiger partial charge < -0.3 is 20.7 Å². The number of aryl methyl sites for hydroxylation is 1. The van der Waals surface area contributed by atoms with Crippen LogP contribution in [0.1, 0.15) is 77.2 Å². The molecule has 1 fully saturated rings. The van der Waals surface area contributed by atoms with Gasteiger partial charge >= 0.3 is 0 Å². The molecule has 1 aromatic carbocycles. The number of phenolic OH excluding ortho intramolecular Hbond substituents is 1. The average Bonchev–Trinajstić information content (AvgIpc) is 2.60. The Balaban J connectivity index is 1.74. The molecule has 154 valence electrons. The number of phenols is 1. The molecular weight excluding hydrogens is 338 g/mol. The lowest BCUT2D eigenvalue weighted by Crippen LogP contribution is -2.46. The summed E-state index contributed by atoms with van der Waals surface area (Å²) in [5.41, 5.74) is 6.94. The number of aliphatic hydroxyl groups excluding tert-OH is 1. The van der Waals surface area contributed by atoms with E-state index >= 15 is 0 Å². The average molecular weight is 378 g/mol. The van der Waals surface area contributed by atoms with Gasteiger partial charge in [-0.2, -0.15) is 0 Å². The summed E-state index contributed by atoms with van der Waals surface area (Å²) in [4.78, 5) is 0. The van der Waals surface area contributed by atoms with Crippen molar-refractivity contribution in [2.45, 2.75) is 83.6 Å². The van der Waals surface area contributed by atoms with E-state index in [1.165, 1.54) is 32.1 Å². The minimum absolute atomic E-state index is 0.0213. The van der Waals surface area contributed by atoms with E-state index in [1.807, 2.05) is 12.1 Å². The van der Waals surface area contributed by atoms with Gasteiger partial charge in [-0.25, -0.2) is 0 Å². The number of aromatic hydroxyl groups is 1. The van der Waals surface area contributed by atoms with Crippen LogP contribution in [0.3, 0.4) is 0 Å². The number of rotatable bonds is 13. The van der Waals surface area contributed by atoms with E-state index in [0.29, 0.717) is 18.3 Å². The summed E-state index contributed by atoms with van der Waals surface area (Å²) in [6.07, 6.45) is 10.8. The second kappa shape index (κ2) is 10.9. The van der Waals surface area contributed by atoms with Crippen molar-refractivity contribution in [3.63, 3.8) is 0 Å². The first kappa shape index (κ1) is 22.0. The van der Waals surface area contributed by atoms with Crippen molar-refractivity contribution < 1.29 is 14.9 Å². The maximum atomic E-state index is 10.2. The maximum Gasteiger partial charge on any atom is 0.160 e. The molecule has 0 heterocycles. The number of benzene rings is 1. The molecule has 0 radical (unpaired) electrons. The van der Waals surface area contributed by atoms with Crippen LogP contribution in [-0.4, -0.2) is 29.0 Å². The highest BCUT2D eigenvalue weighted by Crippen LogP contribution is 2.35. The molecule has 0 amide bonds. The third-order valence-electron chi connectivity index (χ3n) is 5.85. The van der Waals surface area contributed by atoms with Gasteiger partial charge in [-0.1, -0.05) is 58.4 Å². The Bertz CT molecular complexity index is 557. The first-order valence-electron chi connectivity index (χ1n) is 10.8. The molecule has 1 aromatic rings. The minimum atomic E-state index is -0.508. The van der Waals surface area contributed by atoms with E-state index in [4.69, 9.17) is 10.5 Å². The van der Waals surface area contributed by atoms with E-state index in [9.17, 15) is 10.2 Å². The first-order valence-corrected chi connectivity index (χ1v) is 10.8. The number of aliphatic hydroxyl groups is 1. The van der Waals surface area contributed by atoms with Crippen LogP contribution in [0.15, 0.2) is 18.2 Å². The van der Waals surface area contributed by atoms with E-state index in [0.717, 1.165) is 43.6 Å². The van der Waals surface area contributed by atoms with Crippen molar-refractivity contribution in [3.8, 4) is 11.5 Å². The summed E-state index contributed by atoms with van der Waals surface area (Å²) in [6.45, 7) is 5.16. The Morgan fingerprint density at radius 2 is 2.00 bits per heavy atom. The maximum absolute atomic E-state index is 10.2. The summed E-state index contributed by atoms with van der Waals surface area (Å²) < 4.78 is 5.73. The molecule has 27 heavy (non-hydrogen) atoms. The highest BCUT2D eigenvalue weighted by Gasteiger charge is 2.30. The zero-order valence-corrected chi connectivity index (χ0v) is 17.3. The van der Waals surface area contributed by atoms with Gasteiger partial charge in [0.15, 0.2) is 11.5 Å². The van der Waals surface area contributed by atoms with Crippen LogP contribution < -0.4 is 10.5 Å². The lowest BCUT2D eigenvalue weighted by molar-refractivity contribution is 0.135. The monoisotopic (exact) mass is 377 g/mol. The zero-order chi connectivity index (χ0) is 19.7. The molecule has 0 aliphatic heterocycles. The summed E-state index contributed by atoms with van der Waals surface area (Å²) in [5, 5.41) is 20.0. The summed E-state index contributed by atoms with van der Waals surface area (Å²) in [7, 11) is 0. The van der Waals surface area contributed by atoms with Crippen molar-refractivity contribution in [2.24, 2.45) is 17.6 Å². The van der Waals surface area contributed by atoms with E-state index in [2.05, 4.69) is 13.8 Å². The van der Waals surface area contributed by atoms with Crippen LogP contribution in [0.25, 0.3) is 0 Å². The third kappa shape index (κ3) is 7.71. The van der Waals surface area contributed by atoms with Crippen molar-refractivity contribution in [1.29, 1.82) is 0 Å². The van der Waals surface area contributed by atoms with Crippen LogP contribution in [-0.2, 0) is 6.42 Å². The topological polar surface area (TPSA) is 75.7 Å². The smallest absolute Gasteiger partial charge is 0.160 e. The second-order valence-electron chi connectivity index (χ2n) is 8.92. The third-order valence-corrected chi connectivity index (χ3v) is 5.85. The second-order valence-corrected chi connectivity index (χ2v) is 8.92. The van der Waals surface area contributed by atoms with E-state index in [1.54, 1.807) is 6.07 Å². The Hall–Kier alpha value is -1.26. The lowest BCUT2D eigenvalue weighted by Gasteiger charge is -2.35. The van der Waals surface area contributed by atoms with Crippen LogP contribution in [0.4, 0.5) is 0 Å². The Morgan fingerprint density at radius 1 is 1.22 bits per heavy atom. The predicted octanol–water partition coefficient (Wildman–Crippen LogP) is 4.80. The molecule has 2 rings (SSSR count). The predicted molar refractivity (Wildman–Crippen MR) is 111 cm³/mol. The van der Waals surface area contributed by atoms with Crippen LogP contribution in [0.5, 0.6) is 11.5 Å².